The first-order valence-electron chi connectivity index (χ1n) is 7.03. The summed E-state index contributed by atoms with van der Waals surface area (Å²) in [4.78, 5) is 8.54. The maximum absolute atomic E-state index is 5.86. The summed E-state index contributed by atoms with van der Waals surface area (Å²) in [5.74, 6) is 1.50. The van der Waals surface area contributed by atoms with Crippen LogP contribution in [-0.4, -0.2) is 27.7 Å². The lowest BCUT2D eigenvalue weighted by Gasteiger charge is -2.18. The number of ether oxygens (including phenoxy) is 1. The molecule has 0 spiro atoms. The van der Waals surface area contributed by atoms with E-state index in [9.17, 15) is 0 Å². The van der Waals surface area contributed by atoms with Crippen molar-refractivity contribution in [2.24, 2.45) is 13.0 Å². The van der Waals surface area contributed by atoms with Gasteiger partial charge in [-0.3, -0.25) is 4.98 Å². The summed E-state index contributed by atoms with van der Waals surface area (Å²) in [5, 5.41) is 3.50. The Morgan fingerprint density at radius 2 is 2.40 bits per heavy atom. The van der Waals surface area contributed by atoms with Crippen LogP contribution in [0.3, 0.4) is 0 Å². The molecule has 1 aliphatic rings. The molecule has 0 aromatic carbocycles. The van der Waals surface area contributed by atoms with Gasteiger partial charge in [0.25, 0.3) is 0 Å². The fourth-order valence-electron chi connectivity index (χ4n) is 2.68. The van der Waals surface area contributed by atoms with Gasteiger partial charge >= 0.3 is 0 Å². The maximum atomic E-state index is 5.86. The van der Waals surface area contributed by atoms with Crippen LogP contribution in [0.1, 0.15) is 23.9 Å². The second-order valence-electron chi connectivity index (χ2n) is 5.23. The number of aryl methyl sites for hydroxylation is 1. The van der Waals surface area contributed by atoms with Gasteiger partial charge in [0.05, 0.1) is 0 Å². The van der Waals surface area contributed by atoms with Crippen molar-refractivity contribution < 1.29 is 4.74 Å². The van der Waals surface area contributed by atoms with Crippen molar-refractivity contribution in [2.45, 2.75) is 19.1 Å². The van der Waals surface area contributed by atoms with Crippen LogP contribution in [0.25, 0.3) is 0 Å². The van der Waals surface area contributed by atoms with Crippen LogP contribution in [0, 0.1) is 5.92 Å². The molecule has 2 aromatic heterocycles. The van der Waals surface area contributed by atoms with E-state index in [1.54, 1.807) is 6.20 Å². The first-order chi connectivity index (χ1) is 9.84. The SMILES string of the molecule is Cn1ccnc1[C@@H]1OCC[C@H]1CNCc1cccnc1. The monoisotopic (exact) mass is 272 g/mol. The third-order valence-electron chi connectivity index (χ3n) is 3.79. The van der Waals surface area contributed by atoms with E-state index in [4.69, 9.17) is 4.74 Å². The molecular formula is C15H20N4O. The van der Waals surface area contributed by atoms with Crippen LogP contribution in [0.15, 0.2) is 36.9 Å². The van der Waals surface area contributed by atoms with Crippen LogP contribution in [-0.2, 0) is 18.3 Å². The Hall–Kier alpha value is -1.72. The van der Waals surface area contributed by atoms with Gasteiger partial charge in [-0.15, -0.1) is 0 Å². The number of imidazole rings is 1. The number of hydrogen-bond donors (Lipinski definition) is 1. The van der Waals surface area contributed by atoms with E-state index in [-0.39, 0.29) is 6.10 Å². The molecule has 1 N–H and O–H groups in total. The maximum Gasteiger partial charge on any atom is 0.137 e. The fraction of sp³-hybridized carbons (Fsp3) is 0.467. The third kappa shape index (κ3) is 2.89. The smallest absolute Gasteiger partial charge is 0.137 e. The first kappa shape index (κ1) is 13.3. The van der Waals surface area contributed by atoms with Gasteiger partial charge in [0.15, 0.2) is 0 Å². The molecule has 1 fully saturated rings. The van der Waals surface area contributed by atoms with Gasteiger partial charge in [-0.1, -0.05) is 6.07 Å². The zero-order valence-corrected chi connectivity index (χ0v) is 11.7. The van der Waals surface area contributed by atoms with E-state index in [2.05, 4.69) is 21.4 Å². The lowest BCUT2D eigenvalue weighted by molar-refractivity contribution is 0.0811. The van der Waals surface area contributed by atoms with E-state index in [0.717, 1.165) is 31.9 Å². The lowest BCUT2D eigenvalue weighted by atomic mass is 10.0. The van der Waals surface area contributed by atoms with Gasteiger partial charge < -0.3 is 14.6 Å². The Labute approximate surface area is 119 Å². The van der Waals surface area contributed by atoms with E-state index in [1.165, 1.54) is 5.56 Å². The van der Waals surface area contributed by atoms with Crippen molar-refractivity contribution >= 4 is 0 Å². The molecule has 5 heteroatoms. The molecule has 1 saturated heterocycles. The van der Waals surface area contributed by atoms with E-state index < -0.39 is 0 Å². The van der Waals surface area contributed by atoms with E-state index in [1.807, 2.05) is 36.3 Å². The highest BCUT2D eigenvalue weighted by Crippen LogP contribution is 2.32. The van der Waals surface area contributed by atoms with Crippen molar-refractivity contribution in [2.75, 3.05) is 13.2 Å². The highest BCUT2D eigenvalue weighted by Gasteiger charge is 2.31. The van der Waals surface area contributed by atoms with Gasteiger partial charge in [-0.25, -0.2) is 4.98 Å². The highest BCUT2D eigenvalue weighted by atomic mass is 16.5. The Kier molecular flexibility index (Phi) is 4.08. The topological polar surface area (TPSA) is 52.0 Å². The summed E-state index contributed by atoms with van der Waals surface area (Å²) in [6.45, 7) is 2.60. The Morgan fingerprint density at radius 1 is 1.45 bits per heavy atom. The summed E-state index contributed by atoms with van der Waals surface area (Å²) in [5.41, 5.74) is 1.21. The minimum absolute atomic E-state index is 0.108. The molecule has 2 aromatic rings. The van der Waals surface area contributed by atoms with Crippen LogP contribution in [0.5, 0.6) is 0 Å². The predicted octanol–water partition coefficient (Wildman–Crippen LogP) is 1.68. The molecule has 0 unspecified atom stereocenters. The molecule has 0 radical (unpaired) electrons. The number of nitrogens with zero attached hydrogens (tertiary/aromatic N) is 3. The largest absolute Gasteiger partial charge is 0.370 e. The molecular weight excluding hydrogens is 252 g/mol. The molecule has 2 atom stereocenters. The summed E-state index contributed by atoms with van der Waals surface area (Å²) in [7, 11) is 2.02. The predicted molar refractivity (Wildman–Crippen MR) is 76.0 cm³/mol. The minimum atomic E-state index is 0.108. The Balaban J connectivity index is 1.56. The zero-order chi connectivity index (χ0) is 13.8. The zero-order valence-electron chi connectivity index (χ0n) is 11.7. The van der Waals surface area contributed by atoms with Crippen molar-refractivity contribution in [3.8, 4) is 0 Å². The Morgan fingerprint density at radius 3 is 3.15 bits per heavy atom. The highest BCUT2D eigenvalue weighted by molar-refractivity contribution is 5.08. The van der Waals surface area contributed by atoms with Crippen molar-refractivity contribution in [3.63, 3.8) is 0 Å². The van der Waals surface area contributed by atoms with Crippen LogP contribution < -0.4 is 5.32 Å². The van der Waals surface area contributed by atoms with Gasteiger partial charge in [0.1, 0.15) is 11.9 Å². The van der Waals surface area contributed by atoms with Crippen LogP contribution in [0.2, 0.25) is 0 Å². The number of rotatable bonds is 5. The summed E-state index contributed by atoms with van der Waals surface area (Å²) in [6, 6.07) is 4.05. The third-order valence-corrected chi connectivity index (χ3v) is 3.79. The number of aromatic nitrogens is 3. The van der Waals surface area contributed by atoms with Crippen LogP contribution in [0.4, 0.5) is 0 Å². The molecule has 3 heterocycles. The van der Waals surface area contributed by atoms with Crippen molar-refractivity contribution in [1.29, 1.82) is 0 Å². The quantitative estimate of drug-likeness (QED) is 0.900. The normalized spacial score (nSPS) is 22.2. The number of pyridine rings is 1. The van der Waals surface area contributed by atoms with Crippen molar-refractivity contribution in [1.82, 2.24) is 19.9 Å². The summed E-state index contributed by atoms with van der Waals surface area (Å²) >= 11 is 0. The Bertz CT molecular complexity index is 540. The average Bonchev–Trinajstić information content (AvgIpc) is 3.08. The van der Waals surface area contributed by atoms with Gasteiger partial charge in [0, 0.05) is 57.4 Å². The molecule has 1 aliphatic heterocycles. The second-order valence-corrected chi connectivity index (χ2v) is 5.23. The number of hydrogen-bond acceptors (Lipinski definition) is 4. The van der Waals surface area contributed by atoms with Gasteiger partial charge in [-0.05, 0) is 18.1 Å². The molecule has 106 valence electrons. The van der Waals surface area contributed by atoms with Crippen molar-refractivity contribution in [3.05, 3.63) is 48.3 Å². The molecule has 20 heavy (non-hydrogen) atoms. The van der Waals surface area contributed by atoms with E-state index >= 15 is 0 Å². The first-order valence-corrected chi connectivity index (χ1v) is 7.03. The molecule has 3 rings (SSSR count). The fourth-order valence-corrected chi connectivity index (χ4v) is 2.68. The summed E-state index contributed by atoms with van der Waals surface area (Å²) < 4.78 is 7.90. The van der Waals surface area contributed by atoms with Gasteiger partial charge in [0.2, 0.25) is 0 Å². The molecule has 5 nitrogen and oxygen atoms in total. The lowest BCUT2D eigenvalue weighted by Crippen LogP contribution is -2.25. The standard InChI is InChI=1S/C15H20N4O/c1-19-7-6-18-15(19)14-13(4-8-20-14)11-17-10-12-3-2-5-16-9-12/h2-3,5-7,9,13-14,17H,4,8,10-11H2,1H3/t13-,14+/m0/s1. The van der Waals surface area contributed by atoms with E-state index in [0.29, 0.717) is 5.92 Å². The molecule has 0 aliphatic carbocycles. The van der Waals surface area contributed by atoms with Gasteiger partial charge in [-0.2, -0.15) is 0 Å². The minimum Gasteiger partial charge on any atom is -0.370 e. The average molecular weight is 272 g/mol. The molecule has 0 saturated carbocycles. The molecule has 0 bridgehead atoms. The van der Waals surface area contributed by atoms with Crippen LogP contribution >= 0.6 is 0 Å². The summed E-state index contributed by atoms with van der Waals surface area (Å²) in [6.07, 6.45) is 8.68. The molecule has 0 amide bonds. The number of nitrogens with one attached hydrogen (secondary N) is 1. The second kappa shape index (κ2) is 6.15.